The normalized spacial score (nSPS) is 10.8. The summed E-state index contributed by atoms with van der Waals surface area (Å²) in [6.45, 7) is 6.28. The van der Waals surface area contributed by atoms with Gasteiger partial charge in [0.15, 0.2) is 0 Å². The maximum atomic E-state index is 4.49. The molecule has 18 heavy (non-hydrogen) atoms. The van der Waals surface area contributed by atoms with Gasteiger partial charge in [0.25, 0.3) is 0 Å². The predicted octanol–water partition coefficient (Wildman–Crippen LogP) is 2.87. The summed E-state index contributed by atoms with van der Waals surface area (Å²) in [5.41, 5.74) is 4.85. The Labute approximate surface area is 109 Å². The van der Waals surface area contributed by atoms with Gasteiger partial charge in [-0.1, -0.05) is 12.1 Å². The average Bonchev–Trinajstić information content (AvgIpc) is 2.39. The quantitative estimate of drug-likeness (QED) is 0.793. The third-order valence-corrected chi connectivity index (χ3v) is 3.36. The van der Waals surface area contributed by atoms with Crippen LogP contribution in [0.4, 0.5) is 5.69 Å². The second-order valence-corrected chi connectivity index (χ2v) is 4.65. The summed E-state index contributed by atoms with van der Waals surface area (Å²) in [6, 6.07) is 6.37. The van der Waals surface area contributed by atoms with Gasteiger partial charge in [0.2, 0.25) is 0 Å². The van der Waals surface area contributed by atoms with E-state index in [1.54, 1.807) is 0 Å². The van der Waals surface area contributed by atoms with Crippen LogP contribution in [-0.4, -0.2) is 25.1 Å². The second kappa shape index (κ2) is 5.83. The molecule has 1 heterocycles. The van der Waals surface area contributed by atoms with E-state index in [4.69, 9.17) is 0 Å². The maximum Gasteiger partial charge on any atom is 0.0754 e. The first-order valence-electron chi connectivity index (χ1n) is 6.47. The number of fused-ring (bicyclic) bond motifs is 1. The minimum Gasteiger partial charge on any atom is -0.384 e. The highest BCUT2D eigenvalue weighted by Gasteiger charge is 2.05. The summed E-state index contributed by atoms with van der Waals surface area (Å²) in [5, 5.41) is 7.86. The Balaban J connectivity index is 2.26. The van der Waals surface area contributed by atoms with Crippen molar-refractivity contribution in [3.63, 3.8) is 0 Å². The summed E-state index contributed by atoms with van der Waals surface area (Å²) in [4.78, 5) is 4.49. The molecule has 0 atom stereocenters. The van der Waals surface area contributed by atoms with Crippen molar-refractivity contribution in [3.8, 4) is 0 Å². The van der Waals surface area contributed by atoms with E-state index in [1.807, 2.05) is 13.2 Å². The van der Waals surface area contributed by atoms with Gasteiger partial charge in [0.1, 0.15) is 0 Å². The summed E-state index contributed by atoms with van der Waals surface area (Å²) < 4.78 is 0. The summed E-state index contributed by atoms with van der Waals surface area (Å²) >= 11 is 0. The van der Waals surface area contributed by atoms with E-state index in [2.05, 4.69) is 47.7 Å². The minimum absolute atomic E-state index is 0.979. The fourth-order valence-electron chi connectivity index (χ4n) is 2.10. The van der Waals surface area contributed by atoms with E-state index in [1.165, 1.54) is 22.2 Å². The number of aromatic nitrogens is 1. The molecule has 0 unspecified atom stereocenters. The molecule has 0 fully saturated rings. The van der Waals surface area contributed by atoms with Crippen LogP contribution in [0.1, 0.15) is 17.5 Å². The Morgan fingerprint density at radius 3 is 2.72 bits per heavy atom. The van der Waals surface area contributed by atoms with Gasteiger partial charge < -0.3 is 10.6 Å². The Morgan fingerprint density at radius 2 is 1.94 bits per heavy atom. The maximum absolute atomic E-state index is 4.49. The van der Waals surface area contributed by atoms with Crippen LogP contribution in [0.25, 0.3) is 10.9 Å². The summed E-state index contributed by atoms with van der Waals surface area (Å²) in [7, 11) is 1.98. The van der Waals surface area contributed by atoms with Crippen LogP contribution in [0.3, 0.4) is 0 Å². The number of hydrogen-bond donors (Lipinski definition) is 2. The molecule has 96 valence electrons. The van der Waals surface area contributed by atoms with Crippen molar-refractivity contribution in [1.29, 1.82) is 0 Å². The molecule has 0 aliphatic heterocycles. The van der Waals surface area contributed by atoms with Gasteiger partial charge in [-0.2, -0.15) is 0 Å². The van der Waals surface area contributed by atoms with E-state index >= 15 is 0 Å². The van der Waals surface area contributed by atoms with Crippen LogP contribution in [0.5, 0.6) is 0 Å². The molecule has 1 aromatic heterocycles. The largest absolute Gasteiger partial charge is 0.384 e. The zero-order valence-corrected chi connectivity index (χ0v) is 11.4. The van der Waals surface area contributed by atoms with Crippen LogP contribution in [0.15, 0.2) is 24.4 Å². The van der Waals surface area contributed by atoms with Crippen LogP contribution < -0.4 is 10.6 Å². The minimum atomic E-state index is 0.979. The Morgan fingerprint density at radius 1 is 1.11 bits per heavy atom. The van der Waals surface area contributed by atoms with Gasteiger partial charge in [0.05, 0.1) is 5.52 Å². The van der Waals surface area contributed by atoms with E-state index in [0.717, 1.165) is 25.0 Å². The number of aryl methyl sites for hydroxylation is 2. The Hall–Kier alpha value is -1.61. The number of nitrogens with zero attached hydrogens (tertiary/aromatic N) is 1. The van der Waals surface area contributed by atoms with Crippen molar-refractivity contribution in [1.82, 2.24) is 10.3 Å². The molecule has 1 aromatic carbocycles. The average molecular weight is 243 g/mol. The van der Waals surface area contributed by atoms with Crippen molar-refractivity contribution < 1.29 is 0 Å². The molecule has 2 rings (SSSR count). The lowest BCUT2D eigenvalue weighted by Crippen LogP contribution is -2.13. The highest BCUT2D eigenvalue weighted by molar-refractivity contribution is 5.93. The summed E-state index contributed by atoms with van der Waals surface area (Å²) in [6.07, 6.45) is 3.00. The first-order chi connectivity index (χ1) is 8.74. The monoisotopic (exact) mass is 243 g/mol. The molecule has 0 radical (unpaired) electrons. The lowest BCUT2D eigenvalue weighted by molar-refractivity contribution is 0.748. The number of hydrogen-bond acceptors (Lipinski definition) is 3. The molecule has 3 nitrogen and oxygen atoms in total. The van der Waals surface area contributed by atoms with Crippen molar-refractivity contribution >= 4 is 16.6 Å². The molecular weight excluding hydrogens is 222 g/mol. The second-order valence-electron chi connectivity index (χ2n) is 4.65. The van der Waals surface area contributed by atoms with Crippen molar-refractivity contribution in [2.45, 2.75) is 20.3 Å². The molecule has 0 aliphatic carbocycles. The fourth-order valence-corrected chi connectivity index (χ4v) is 2.10. The Bertz CT molecular complexity index is 534. The molecule has 0 amide bonds. The molecule has 2 aromatic rings. The number of rotatable bonds is 5. The van der Waals surface area contributed by atoms with Gasteiger partial charge >= 0.3 is 0 Å². The molecule has 0 aliphatic rings. The van der Waals surface area contributed by atoms with Gasteiger partial charge in [-0.3, -0.25) is 4.98 Å². The van der Waals surface area contributed by atoms with Gasteiger partial charge in [-0.05, 0) is 51.1 Å². The Kier molecular flexibility index (Phi) is 4.15. The zero-order valence-electron chi connectivity index (χ0n) is 11.4. The number of pyridine rings is 1. The van der Waals surface area contributed by atoms with Crippen molar-refractivity contribution in [3.05, 3.63) is 35.5 Å². The smallest absolute Gasteiger partial charge is 0.0754 e. The number of nitrogens with one attached hydrogen (secondary N) is 2. The highest BCUT2D eigenvalue weighted by Crippen LogP contribution is 2.25. The molecule has 0 saturated carbocycles. The predicted molar refractivity (Wildman–Crippen MR) is 78.3 cm³/mol. The van der Waals surface area contributed by atoms with E-state index in [0.29, 0.717) is 0 Å². The van der Waals surface area contributed by atoms with E-state index < -0.39 is 0 Å². The zero-order chi connectivity index (χ0) is 13.0. The van der Waals surface area contributed by atoms with Gasteiger partial charge in [0, 0.05) is 23.8 Å². The van der Waals surface area contributed by atoms with Gasteiger partial charge in [-0.25, -0.2) is 0 Å². The highest BCUT2D eigenvalue weighted by atomic mass is 14.9. The molecular formula is C15H21N3. The van der Waals surface area contributed by atoms with Crippen LogP contribution in [0, 0.1) is 13.8 Å². The van der Waals surface area contributed by atoms with E-state index in [9.17, 15) is 0 Å². The van der Waals surface area contributed by atoms with Gasteiger partial charge in [-0.15, -0.1) is 0 Å². The standard InChI is InChI=1S/C15H21N3/c1-11-5-6-13-14(17-9-4-8-16-3)7-10-18-15(13)12(11)2/h5-7,10,16H,4,8-9H2,1-3H3,(H,17,18). The third-order valence-electron chi connectivity index (χ3n) is 3.36. The van der Waals surface area contributed by atoms with E-state index in [-0.39, 0.29) is 0 Å². The molecule has 0 bridgehead atoms. The van der Waals surface area contributed by atoms with Crippen molar-refractivity contribution in [2.24, 2.45) is 0 Å². The molecule has 0 spiro atoms. The third kappa shape index (κ3) is 2.62. The number of anilines is 1. The van der Waals surface area contributed by atoms with Crippen molar-refractivity contribution in [2.75, 3.05) is 25.5 Å². The topological polar surface area (TPSA) is 37.0 Å². The number of benzene rings is 1. The molecule has 3 heteroatoms. The lowest BCUT2D eigenvalue weighted by Gasteiger charge is -2.11. The summed E-state index contributed by atoms with van der Waals surface area (Å²) in [5.74, 6) is 0. The first kappa shape index (κ1) is 12.8. The molecule has 0 saturated heterocycles. The van der Waals surface area contributed by atoms with Crippen LogP contribution >= 0.6 is 0 Å². The molecule has 2 N–H and O–H groups in total. The van der Waals surface area contributed by atoms with Crippen LogP contribution in [-0.2, 0) is 0 Å². The van der Waals surface area contributed by atoms with Crippen LogP contribution in [0.2, 0.25) is 0 Å². The fraction of sp³-hybridized carbons (Fsp3) is 0.400. The SMILES string of the molecule is CNCCCNc1ccnc2c(C)c(C)ccc12. The first-order valence-corrected chi connectivity index (χ1v) is 6.47. The lowest BCUT2D eigenvalue weighted by atomic mass is 10.0.